The number of thiophene rings is 1. The van der Waals surface area contributed by atoms with Gasteiger partial charge < -0.3 is 19.4 Å². The number of nitrogens with zero attached hydrogens (tertiary/aromatic N) is 1. The Labute approximate surface area is 142 Å². The Morgan fingerprint density at radius 3 is 2.54 bits per heavy atom. The van der Waals surface area contributed by atoms with E-state index >= 15 is 0 Å². The fourth-order valence-corrected chi connectivity index (χ4v) is 2.99. The third-order valence-electron chi connectivity index (χ3n) is 3.53. The summed E-state index contributed by atoms with van der Waals surface area (Å²) in [4.78, 5) is 5.33. The van der Waals surface area contributed by atoms with E-state index in [1.54, 1.807) is 6.92 Å². The fourth-order valence-electron chi connectivity index (χ4n) is 2.34. The van der Waals surface area contributed by atoms with Crippen molar-refractivity contribution in [2.75, 3.05) is 0 Å². The number of oxazole rings is 1. The van der Waals surface area contributed by atoms with Gasteiger partial charge in [0.25, 0.3) is 0 Å². The minimum absolute atomic E-state index is 0.0896. The second kappa shape index (κ2) is 7.12. The van der Waals surface area contributed by atoms with Crippen molar-refractivity contribution < 1.29 is 23.8 Å². The van der Waals surface area contributed by atoms with Crippen molar-refractivity contribution in [3.8, 4) is 16.5 Å². The average molecular weight is 349 g/mol. The third kappa shape index (κ3) is 3.33. The largest absolute Gasteiger partial charge is 0.486 e. The van der Waals surface area contributed by atoms with E-state index in [-0.39, 0.29) is 23.5 Å². The van der Waals surface area contributed by atoms with E-state index in [9.17, 15) is 14.6 Å². The first kappa shape index (κ1) is 16.6. The average Bonchev–Trinajstić information content (AvgIpc) is 3.22. The van der Waals surface area contributed by atoms with E-state index in [2.05, 4.69) is 4.98 Å². The van der Waals surface area contributed by atoms with Crippen LogP contribution >= 0.6 is 11.3 Å². The molecule has 0 saturated heterocycles. The Bertz CT molecular complexity index is 804. The number of aryl methyl sites for hydroxylation is 1. The van der Waals surface area contributed by atoms with E-state index in [0.29, 0.717) is 17.3 Å². The molecule has 24 heavy (non-hydrogen) atoms. The number of aliphatic hydroxyl groups excluding tert-OH is 2. The first-order valence-corrected chi connectivity index (χ1v) is 8.16. The van der Waals surface area contributed by atoms with Gasteiger partial charge in [0.15, 0.2) is 0 Å². The van der Waals surface area contributed by atoms with Gasteiger partial charge in [0.1, 0.15) is 29.6 Å². The van der Waals surface area contributed by atoms with Crippen LogP contribution in [0.2, 0.25) is 0 Å². The van der Waals surface area contributed by atoms with Gasteiger partial charge in [-0.2, -0.15) is 0 Å². The zero-order valence-corrected chi connectivity index (χ0v) is 13.8. The fraction of sp³-hybridized carbons (Fsp3) is 0.235. The highest BCUT2D eigenvalue weighted by Crippen LogP contribution is 2.29. The number of benzene rings is 1. The van der Waals surface area contributed by atoms with E-state index in [0.717, 1.165) is 4.88 Å². The summed E-state index contributed by atoms with van der Waals surface area (Å²) in [6.45, 7) is 1.09. The SMILES string of the molecule is Cc1oc(-c2cccs2)nc1COc1c(CO)cc(F)cc1CO. The summed E-state index contributed by atoms with van der Waals surface area (Å²) in [6, 6.07) is 6.19. The van der Waals surface area contributed by atoms with Crippen LogP contribution in [0.1, 0.15) is 22.6 Å². The minimum atomic E-state index is -0.534. The summed E-state index contributed by atoms with van der Waals surface area (Å²) < 4.78 is 24.8. The molecule has 0 aliphatic carbocycles. The van der Waals surface area contributed by atoms with Gasteiger partial charge >= 0.3 is 0 Å². The van der Waals surface area contributed by atoms with Crippen LogP contribution in [-0.2, 0) is 19.8 Å². The standard InChI is InChI=1S/C17H16FNO4S/c1-10-14(19-17(23-10)15-3-2-4-24-15)9-22-16-11(7-20)5-13(18)6-12(16)8-21/h2-6,20-21H,7-9H2,1H3. The molecular weight excluding hydrogens is 333 g/mol. The van der Waals surface area contributed by atoms with Gasteiger partial charge in [0, 0.05) is 11.1 Å². The van der Waals surface area contributed by atoms with Crippen LogP contribution in [-0.4, -0.2) is 15.2 Å². The molecule has 0 aliphatic heterocycles. The molecule has 2 N–H and O–H groups in total. The molecule has 0 fully saturated rings. The molecule has 3 aromatic rings. The topological polar surface area (TPSA) is 75.7 Å². The summed E-state index contributed by atoms with van der Waals surface area (Å²) in [6.07, 6.45) is 0. The Morgan fingerprint density at radius 2 is 1.96 bits per heavy atom. The maximum atomic E-state index is 13.5. The first-order valence-electron chi connectivity index (χ1n) is 7.28. The molecule has 7 heteroatoms. The van der Waals surface area contributed by atoms with Crippen LogP contribution in [0.25, 0.3) is 10.8 Å². The van der Waals surface area contributed by atoms with E-state index < -0.39 is 19.0 Å². The maximum Gasteiger partial charge on any atom is 0.236 e. The van der Waals surface area contributed by atoms with Crippen LogP contribution in [0, 0.1) is 12.7 Å². The summed E-state index contributed by atoms with van der Waals surface area (Å²) >= 11 is 1.52. The van der Waals surface area contributed by atoms with Gasteiger partial charge in [0.05, 0.1) is 18.1 Å². The van der Waals surface area contributed by atoms with Crippen molar-refractivity contribution >= 4 is 11.3 Å². The Kier molecular flexibility index (Phi) is 4.94. The molecule has 0 atom stereocenters. The summed E-state index contributed by atoms with van der Waals surface area (Å²) in [7, 11) is 0. The summed E-state index contributed by atoms with van der Waals surface area (Å²) in [5.41, 5.74) is 1.16. The van der Waals surface area contributed by atoms with Gasteiger partial charge in [0.2, 0.25) is 5.89 Å². The highest BCUT2D eigenvalue weighted by Gasteiger charge is 2.16. The number of ether oxygens (including phenoxy) is 1. The molecule has 0 bridgehead atoms. The predicted octanol–water partition coefficient (Wildman–Crippen LogP) is 3.41. The Balaban J connectivity index is 1.84. The van der Waals surface area contributed by atoms with Crippen molar-refractivity contribution in [1.29, 1.82) is 0 Å². The molecular formula is C17H16FNO4S. The second-order valence-corrected chi connectivity index (χ2v) is 6.10. The zero-order chi connectivity index (χ0) is 17.1. The lowest BCUT2D eigenvalue weighted by atomic mass is 10.1. The molecule has 0 saturated carbocycles. The minimum Gasteiger partial charge on any atom is -0.486 e. The Morgan fingerprint density at radius 1 is 1.25 bits per heavy atom. The quantitative estimate of drug-likeness (QED) is 0.713. The monoisotopic (exact) mass is 349 g/mol. The summed E-state index contributed by atoms with van der Waals surface area (Å²) in [5, 5.41) is 20.7. The lowest BCUT2D eigenvalue weighted by Gasteiger charge is -2.13. The number of hydrogen-bond acceptors (Lipinski definition) is 6. The Hall–Kier alpha value is -2.22. The molecule has 0 spiro atoms. The molecule has 1 aromatic carbocycles. The van der Waals surface area contributed by atoms with Crippen LogP contribution < -0.4 is 4.74 Å². The maximum absolute atomic E-state index is 13.5. The van der Waals surface area contributed by atoms with Gasteiger partial charge in [-0.1, -0.05) is 6.07 Å². The second-order valence-electron chi connectivity index (χ2n) is 5.16. The normalized spacial score (nSPS) is 11.0. The molecule has 2 aromatic heterocycles. The van der Waals surface area contributed by atoms with Crippen LogP contribution in [0.4, 0.5) is 4.39 Å². The highest BCUT2D eigenvalue weighted by atomic mass is 32.1. The molecule has 3 rings (SSSR count). The van der Waals surface area contributed by atoms with Crippen molar-refractivity contribution in [3.63, 3.8) is 0 Å². The zero-order valence-electron chi connectivity index (χ0n) is 13.0. The highest BCUT2D eigenvalue weighted by molar-refractivity contribution is 7.13. The van der Waals surface area contributed by atoms with Crippen LogP contribution in [0.3, 0.4) is 0 Å². The lowest BCUT2D eigenvalue weighted by molar-refractivity contribution is 0.239. The number of hydrogen-bond donors (Lipinski definition) is 2. The van der Waals surface area contributed by atoms with Crippen molar-refractivity contribution in [1.82, 2.24) is 4.98 Å². The lowest BCUT2D eigenvalue weighted by Crippen LogP contribution is -2.04. The van der Waals surface area contributed by atoms with Crippen molar-refractivity contribution in [3.05, 3.63) is 58.0 Å². The van der Waals surface area contributed by atoms with E-state index in [1.807, 2.05) is 17.5 Å². The van der Waals surface area contributed by atoms with Gasteiger partial charge in [-0.3, -0.25) is 0 Å². The summed E-state index contributed by atoms with van der Waals surface area (Å²) in [5.74, 6) is 0.871. The molecule has 0 unspecified atom stereocenters. The molecule has 0 amide bonds. The van der Waals surface area contributed by atoms with Crippen LogP contribution in [0.15, 0.2) is 34.1 Å². The van der Waals surface area contributed by atoms with Gasteiger partial charge in [-0.15, -0.1) is 11.3 Å². The van der Waals surface area contributed by atoms with Crippen molar-refractivity contribution in [2.45, 2.75) is 26.7 Å². The van der Waals surface area contributed by atoms with Crippen molar-refractivity contribution in [2.24, 2.45) is 0 Å². The third-order valence-corrected chi connectivity index (χ3v) is 4.38. The molecule has 2 heterocycles. The van der Waals surface area contributed by atoms with Gasteiger partial charge in [-0.25, -0.2) is 9.37 Å². The molecule has 0 radical (unpaired) electrons. The molecule has 126 valence electrons. The molecule has 0 aliphatic rings. The first-order chi connectivity index (χ1) is 11.6. The number of halogens is 1. The number of rotatable bonds is 6. The number of aliphatic hydroxyl groups is 2. The van der Waals surface area contributed by atoms with E-state index in [1.165, 1.54) is 23.5 Å². The predicted molar refractivity (Wildman–Crippen MR) is 87.1 cm³/mol. The van der Waals surface area contributed by atoms with Gasteiger partial charge in [-0.05, 0) is 30.5 Å². The van der Waals surface area contributed by atoms with E-state index in [4.69, 9.17) is 9.15 Å². The molecule has 5 nitrogen and oxygen atoms in total. The van der Waals surface area contributed by atoms with Crippen LogP contribution in [0.5, 0.6) is 5.75 Å². The smallest absolute Gasteiger partial charge is 0.236 e. The number of aromatic nitrogens is 1.